The molecule has 2 rings (SSSR count). The van der Waals surface area contributed by atoms with Gasteiger partial charge in [0, 0.05) is 0 Å². The second-order valence-electron chi connectivity index (χ2n) is 3.99. The Morgan fingerprint density at radius 2 is 2.13 bits per heavy atom. The van der Waals surface area contributed by atoms with Gasteiger partial charge in [0.15, 0.2) is 0 Å². The van der Waals surface area contributed by atoms with Crippen molar-refractivity contribution in [3.63, 3.8) is 0 Å². The Morgan fingerprint density at radius 1 is 1.40 bits per heavy atom. The first-order valence-corrected chi connectivity index (χ1v) is 5.54. The third kappa shape index (κ3) is 2.04. The fourth-order valence-corrected chi connectivity index (χ4v) is 2.33. The van der Waals surface area contributed by atoms with E-state index in [1.807, 2.05) is 18.2 Å². The Hall–Kier alpha value is -1.31. The minimum absolute atomic E-state index is 0.0225. The number of rotatable bonds is 3. The van der Waals surface area contributed by atoms with Crippen molar-refractivity contribution < 1.29 is 9.53 Å². The van der Waals surface area contributed by atoms with Crippen LogP contribution in [0.25, 0.3) is 0 Å². The zero-order chi connectivity index (χ0) is 10.7. The molecule has 80 valence electrons. The number of benzene rings is 1. The summed E-state index contributed by atoms with van der Waals surface area (Å²) in [6.07, 6.45) is 1.86. The molecule has 0 saturated carbocycles. The average molecular weight is 204 g/mol. The van der Waals surface area contributed by atoms with Crippen molar-refractivity contribution >= 4 is 5.97 Å². The van der Waals surface area contributed by atoms with E-state index in [4.69, 9.17) is 4.74 Å². The summed E-state index contributed by atoms with van der Waals surface area (Å²) in [5, 5.41) is 0. The van der Waals surface area contributed by atoms with Crippen molar-refractivity contribution in [1.29, 1.82) is 0 Å². The molecule has 0 radical (unpaired) electrons. The highest BCUT2D eigenvalue weighted by atomic mass is 16.5. The summed E-state index contributed by atoms with van der Waals surface area (Å²) in [6, 6.07) is 10.2. The number of esters is 1. The zero-order valence-electron chi connectivity index (χ0n) is 8.98. The molecule has 0 aromatic heterocycles. The molecule has 2 nitrogen and oxygen atoms in total. The molecule has 1 aliphatic heterocycles. The standard InChI is InChI=1S/C13H16O2/c1-2-11(10-6-4-3-5-7-10)12-8-9-15-13(12)14/h3-7,11-12H,2,8-9H2,1H3. The number of hydrogen-bond acceptors (Lipinski definition) is 2. The molecule has 1 aliphatic rings. The van der Waals surface area contributed by atoms with Crippen LogP contribution in [0.3, 0.4) is 0 Å². The van der Waals surface area contributed by atoms with Crippen LogP contribution < -0.4 is 0 Å². The molecule has 1 heterocycles. The second kappa shape index (κ2) is 4.47. The fourth-order valence-electron chi connectivity index (χ4n) is 2.33. The van der Waals surface area contributed by atoms with Crippen LogP contribution >= 0.6 is 0 Å². The van der Waals surface area contributed by atoms with E-state index in [0.717, 1.165) is 12.8 Å². The van der Waals surface area contributed by atoms with Gasteiger partial charge in [-0.15, -0.1) is 0 Å². The molecular formula is C13H16O2. The van der Waals surface area contributed by atoms with E-state index in [-0.39, 0.29) is 11.9 Å². The normalized spacial score (nSPS) is 22.5. The van der Waals surface area contributed by atoms with Crippen molar-refractivity contribution in [2.24, 2.45) is 5.92 Å². The summed E-state index contributed by atoms with van der Waals surface area (Å²) in [7, 11) is 0. The van der Waals surface area contributed by atoms with Gasteiger partial charge >= 0.3 is 5.97 Å². The lowest BCUT2D eigenvalue weighted by molar-refractivity contribution is -0.141. The molecule has 0 bridgehead atoms. The van der Waals surface area contributed by atoms with E-state index < -0.39 is 0 Å². The van der Waals surface area contributed by atoms with Gasteiger partial charge in [-0.1, -0.05) is 37.3 Å². The minimum Gasteiger partial charge on any atom is -0.465 e. The second-order valence-corrected chi connectivity index (χ2v) is 3.99. The molecule has 1 aromatic carbocycles. The largest absolute Gasteiger partial charge is 0.465 e. The average Bonchev–Trinajstić information content (AvgIpc) is 2.68. The van der Waals surface area contributed by atoms with E-state index in [9.17, 15) is 4.79 Å². The molecule has 1 fully saturated rings. The maximum Gasteiger partial charge on any atom is 0.309 e. The lowest BCUT2D eigenvalue weighted by Crippen LogP contribution is -2.17. The van der Waals surface area contributed by atoms with Gasteiger partial charge < -0.3 is 4.74 Å². The number of hydrogen-bond donors (Lipinski definition) is 0. The quantitative estimate of drug-likeness (QED) is 0.708. The SMILES string of the molecule is CCC(c1ccccc1)C1CCOC1=O. The summed E-state index contributed by atoms with van der Waals surface area (Å²) in [6.45, 7) is 2.72. The van der Waals surface area contributed by atoms with Crippen LogP contribution in [-0.4, -0.2) is 12.6 Å². The Morgan fingerprint density at radius 3 is 2.67 bits per heavy atom. The number of ether oxygens (including phenoxy) is 1. The molecule has 1 aromatic rings. The highest BCUT2D eigenvalue weighted by Crippen LogP contribution is 2.33. The smallest absolute Gasteiger partial charge is 0.309 e. The topological polar surface area (TPSA) is 26.3 Å². The van der Waals surface area contributed by atoms with E-state index in [0.29, 0.717) is 12.5 Å². The molecule has 1 saturated heterocycles. The van der Waals surface area contributed by atoms with Crippen LogP contribution in [0.1, 0.15) is 31.2 Å². The van der Waals surface area contributed by atoms with E-state index >= 15 is 0 Å². The zero-order valence-corrected chi connectivity index (χ0v) is 8.98. The van der Waals surface area contributed by atoms with Crippen LogP contribution in [0.15, 0.2) is 30.3 Å². The predicted octanol–water partition coefficient (Wildman–Crippen LogP) is 2.74. The minimum atomic E-state index is -0.0225. The third-order valence-electron chi connectivity index (χ3n) is 3.13. The molecule has 0 amide bonds. The number of carbonyl (C=O) groups excluding carboxylic acids is 1. The molecular weight excluding hydrogens is 188 g/mol. The van der Waals surface area contributed by atoms with Gasteiger partial charge in [0.05, 0.1) is 12.5 Å². The van der Waals surface area contributed by atoms with E-state index in [1.54, 1.807) is 0 Å². The summed E-state index contributed by atoms with van der Waals surface area (Å²) in [4.78, 5) is 11.5. The van der Waals surface area contributed by atoms with Gasteiger partial charge in [-0.2, -0.15) is 0 Å². The van der Waals surface area contributed by atoms with Crippen LogP contribution in [0, 0.1) is 5.92 Å². The highest BCUT2D eigenvalue weighted by Gasteiger charge is 2.33. The van der Waals surface area contributed by atoms with Crippen molar-refractivity contribution in [3.05, 3.63) is 35.9 Å². The van der Waals surface area contributed by atoms with Crippen molar-refractivity contribution in [3.8, 4) is 0 Å². The lowest BCUT2D eigenvalue weighted by atomic mass is 9.83. The van der Waals surface area contributed by atoms with Gasteiger partial charge in [0.1, 0.15) is 0 Å². The van der Waals surface area contributed by atoms with Crippen molar-refractivity contribution in [2.75, 3.05) is 6.61 Å². The summed E-state index contributed by atoms with van der Waals surface area (Å²) >= 11 is 0. The number of cyclic esters (lactones) is 1. The third-order valence-corrected chi connectivity index (χ3v) is 3.13. The van der Waals surface area contributed by atoms with Gasteiger partial charge in [0.25, 0.3) is 0 Å². The van der Waals surface area contributed by atoms with Gasteiger partial charge in [-0.05, 0) is 24.3 Å². The first-order valence-electron chi connectivity index (χ1n) is 5.54. The van der Waals surface area contributed by atoms with Crippen LogP contribution in [0.2, 0.25) is 0 Å². The Labute approximate surface area is 90.3 Å². The molecule has 2 heteroatoms. The number of carbonyl (C=O) groups is 1. The summed E-state index contributed by atoms with van der Waals surface area (Å²) in [5.41, 5.74) is 1.25. The van der Waals surface area contributed by atoms with Gasteiger partial charge in [0.2, 0.25) is 0 Å². The van der Waals surface area contributed by atoms with Crippen LogP contribution in [0.5, 0.6) is 0 Å². The van der Waals surface area contributed by atoms with Gasteiger partial charge in [-0.3, -0.25) is 4.79 Å². The van der Waals surface area contributed by atoms with E-state index in [2.05, 4.69) is 19.1 Å². The first-order chi connectivity index (χ1) is 7.33. The molecule has 0 spiro atoms. The Bertz CT molecular complexity index is 332. The van der Waals surface area contributed by atoms with Crippen LogP contribution in [-0.2, 0) is 9.53 Å². The first kappa shape index (κ1) is 10.2. The van der Waals surface area contributed by atoms with E-state index in [1.165, 1.54) is 5.56 Å². The van der Waals surface area contributed by atoms with Crippen molar-refractivity contribution in [1.82, 2.24) is 0 Å². The molecule has 15 heavy (non-hydrogen) atoms. The molecule has 0 aliphatic carbocycles. The van der Waals surface area contributed by atoms with Crippen LogP contribution in [0.4, 0.5) is 0 Å². The molecule has 2 atom stereocenters. The summed E-state index contributed by atoms with van der Waals surface area (Å²) < 4.78 is 5.03. The predicted molar refractivity (Wildman–Crippen MR) is 58.5 cm³/mol. The Balaban J connectivity index is 2.20. The monoisotopic (exact) mass is 204 g/mol. The fraction of sp³-hybridized carbons (Fsp3) is 0.462. The van der Waals surface area contributed by atoms with Crippen molar-refractivity contribution in [2.45, 2.75) is 25.7 Å². The maximum absolute atomic E-state index is 11.5. The Kier molecular flexibility index (Phi) is 3.05. The highest BCUT2D eigenvalue weighted by molar-refractivity contribution is 5.75. The van der Waals surface area contributed by atoms with Gasteiger partial charge in [-0.25, -0.2) is 0 Å². The molecule has 2 unspecified atom stereocenters. The lowest BCUT2D eigenvalue weighted by Gasteiger charge is -2.19. The molecule has 0 N–H and O–H groups in total. The maximum atomic E-state index is 11.5. The summed E-state index contributed by atoms with van der Waals surface area (Å²) in [5.74, 6) is 0.365.